The molecule has 6 heteroatoms. The van der Waals surface area contributed by atoms with E-state index in [1.807, 2.05) is 59.3 Å². The molecule has 1 unspecified atom stereocenters. The molecule has 0 spiro atoms. The first-order valence-electron chi connectivity index (χ1n) is 10.4. The molecule has 32 heavy (non-hydrogen) atoms. The van der Waals surface area contributed by atoms with Crippen molar-refractivity contribution in [3.63, 3.8) is 0 Å². The van der Waals surface area contributed by atoms with Crippen molar-refractivity contribution in [1.82, 2.24) is 9.78 Å². The summed E-state index contributed by atoms with van der Waals surface area (Å²) in [5.74, 6) is 0.0974. The zero-order chi connectivity index (χ0) is 22.5. The van der Waals surface area contributed by atoms with Crippen molar-refractivity contribution in [2.24, 2.45) is 5.73 Å². The van der Waals surface area contributed by atoms with Gasteiger partial charge in [0.2, 0.25) is 0 Å². The Labute approximate surface area is 187 Å². The minimum Gasteiger partial charge on any atom is -0.475 e. The number of hydrogen-bond acceptors (Lipinski definition) is 5. The number of hydrogen-bond donors (Lipinski definition) is 1. The molecule has 0 saturated heterocycles. The van der Waals surface area contributed by atoms with Crippen LogP contribution in [0.4, 0.5) is 0 Å². The second-order valence-corrected chi connectivity index (χ2v) is 7.44. The molecule has 0 saturated carbocycles. The second-order valence-electron chi connectivity index (χ2n) is 7.44. The largest absolute Gasteiger partial charge is 0.475 e. The Hall–Kier alpha value is -3.90. The van der Waals surface area contributed by atoms with Crippen LogP contribution >= 0.6 is 0 Å². The van der Waals surface area contributed by atoms with Gasteiger partial charge in [-0.2, -0.15) is 5.10 Å². The van der Waals surface area contributed by atoms with Crippen LogP contribution in [-0.2, 0) is 11.3 Å². The summed E-state index contributed by atoms with van der Waals surface area (Å²) in [5, 5.41) is 4.88. The van der Waals surface area contributed by atoms with Gasteiger partial charge in [0.25, 0.3) is 0 Å². The van der Waals surface area contributed by atoms with Crippen molar-refractivity contribution < 1.29 is 14.3 Å². The van der Waals surface area contributed by atoms with E-state index in [-0.39, 0.29) is 0 Å². The van der Waals surface area contributed by atoms with Gasteiger partial charge in [-0.3, -0.25) is 10.4 Å². The molecule has 0 aliphatic heterocycles. The maximum atomic E-state index is 12.0. The monoisotopic (exact) mass is 427 g/mol. The summed E-state index contributed by atoms with van der Waals surface area (Å²) in [6.07, 6.45) is -0.534. The van der Waals surface area contributed by atoms with E-state index in [4.69, 9.17) is 20.3 Å². The molecule has 0 aliphatic rings. The maximum absolute atomic E-state index is 12.0. The summed E-state index contributed by atoms with van der Waals surface area (Å²) >= 11 is 0. The van der Waals surface area contributed by atoms with Crippen molar-refractivity contribution >= 4 is 5.97 Å². The normalized spacial score (nSPS) is 11.7. The molecule has 6 nitrogen and oxygen atoms in total. The SMILES string of the molecule is COC(=O)c1ccc(Cn2nc(-c3ccccc3)cc2-c2ccccc2)c(OC(C)N)c1. The Morgan fingerprint density at radius 1 is 0.969 bits per heavy atom. The molecule has 3 aromatic carbocycles. The van der Waals surface area contributed by atoms with E-state index >= 15 is 0 Å². The van der Waals surface area contributed by atoms with Gasteiger partial charge in [-0.1, -0.05) is 66.7 Å². The number of carbonyl (C=O) groups excluding carboxylic acids is 1. The highest BCUT2D eigenvalue weighted by atomic mass is 16.5. The van der Waals surface area contributed by atoms with Gasteiger partial charge in [0, 0.05) is 11.1 Å². The Morgan fingerprint density at radius 2 is 1.62 bits per heavy atom. The van der Waals surface area contributed by atoms with E-state index < -0.39 is 12.2 Å². The van der Waals surface area contributed by atoms with Gasteiger partial charge < -0.3 is 9.47 Å². The summed E-state index contributed by atoms with van der Waals surface area (Å²) in [6.45, 7) is 2.19. The number of nitrogens with two attached hydrogens (primary N) is 1. The van der Waals surface area contributed by atoms with Crippen molar-refractivity contribution in [2.75, 3.05) is 7.11 Å². The van der Waals surface area contributed by atoms with Crippen molar-refractivity contribution in [2.45, 2.75) is 19.7 Å². The molecule has 1 heterocycles. The molecular formula is C26H25N3O3. The molecule has 0 amide bonds. The first kappa shape index (κ1) is 21.3. The van der Waals surface area contributed by atoms with E-state index in [2.05, 4.69) is 18.2 Å². The van der Waals surface area contributed by atoms with Crippen molar-refractivity contribution in [3.05, 3.63) is 96.1 Å². The predicted molar refractivity (Wildman–Crippen MR) is 124 cm³/mol. The lowest BCUT2D eigenvalue weighted by Crippen LogP contribution is -2.23. The highest BCUT2D eigenvalue weighted by Gasteiger charge is 2.16. The van der Waals surface area contributed by atoms with Crippen LogP contribution in [0.1, 0.15) is 22.8 Å². The number of ether oxygens (including phenoxy) is 2. The van der Waals surface area contributed by atoms with Crippen molar-refractivity contribution in [3.8, 4) is 28.3 Å². The maximum Gasteiger partial charge on any atom is 0.337 e. The third kappa shape index (κ3) is 4.71. The first-order chi connectivity index (χ1) is 15.5. The van der Waals surface area contributed by atoms with Crippen LogP contribution in [0.2, 0.25) is 0 Å². The fourth-order valence-electron chi connectivity index (χ4n) is 3.53. The summed E-state index contributed by atoms with van der Waals surface area (Å²) < 4.78 is 12.6. The number of benzene rings is 3. The number of esters is 1. The Bertz CT molecular complexity index is 1200. The van der Waals surface area contributed by atoms with E-state index in [1.165, 1.54) is 7.11 Å². The molecule has 162 valence electrons. The minimum atomic E-state index is -0.534. The third-order valence-electron chi connectivity index (χ3n) is 5.04. The highest BCUT2D eigenvalue weighted by Crippen LogP contribution is 2.29. The van der Waals surface area contributed by atoms with Crippen LogP contribution in [0.3, 0.4) is 0 Å². The lowest BCUT2D eigenvalue weighted by atomic mass is 10.1. The summed E-state index contributed by atoms with van der Waals surface area (Å²) in [6, 6.07) is 27.5. The molecule has 0 bridgehead atoms. The molecule has 0 radical (unpaired) electrons. The van der Waals surface area contributed by atoms with Gasteiger partial charge in [0.1, 0.15) is 12.0 Å². The van der Waals surface area contributed by atoms with Crippen LogP contribution in [-0.4, -0.2) is 29.1 Å². The van der Waals surface area contributed by atoms with E-state index in [0.29, 0.717) is 17.9 Å². The van der Waals surface area contributed by atoms with Crippen LogP contribution in [0.25, 0.3) is 22.5 Å². The third-order valence-corrected chi connectivity index (χ3v) is 5.04. The average Bonchev–Trinajstić information content (AvgIpc) is 3.24. The standard InChI is InChI=1S/C26H25N3O3/c1-18(27)32-25-15-21(26(30)31-2)13-14-22(25)17-29-24(20-11-7-4-8-12-20)16-23(28-29)19-9-5-3-6-10-19/h3-16,18H,17,27H2,1-2H3. The average molecular weight is 428 g/mol. The second kappa shape index (κ2) is 9.49. The number of aromatic nitrogens is 2. The van der Waals surface area contributed by atoms with Gasteiger partial charge in [0.15, 0.2) is 0 Å². The van der Waals surface area contributed by atoms with Gasteiger partial charge in [-0.15, -0.1) is 0 Å². The first-order valence-corrected chi connectivity index (χ1v) is 10.4. The van der Waals surface area contributed by atoms with Crippen LogP contribution in [0, 0.1) is 0 Å². The molecular weight excluding hydrogens is 402 g/mol. The fraction of sp³-hybridized carbons (Fsp3) is 0.154. The Balaban J connectivity index is 1.78. The molecule has 4 rings (SSSR count). The van der Waals surface area contributed by atoms with E-state index in [0.717, 1.165) is 28.1 Å². The number of rotatable bonds is 7. The van der Waals surface area contributed by atoms with Gasteiger partial charge >= 0.3 is 5.97 Å². The molecule has 1 aromatic heterocycles. The smallest absolute Gasteiger partial charge is 0.337 e. The predicted octanol–water partition coefficient (Wildman–Crippen LogP) is 4.74. The van der Waals surface area contributed by atoms with Crippen LogP contribution < -0.4 is 10.5 Å². The van der Waals surface area contributed by atoms with Crippen LogP contribution in [0.15, 0.2) is 84.9 Å². The lowest BCUT2D eigenvalue weighted by Gasteiger charge is -2.16. The van der Waals surface area contributed by atoms with E-state index in [1.54, 1.807) is 19.1 Å². The zero-order valence-corrected chi connectivity index (χ0v) is 18.1. The number of methoxy groups -OCH3 is 1. The number of nitrogens with zero attached hydrogens (tertiary/aromatic N) is 2. The molecule has 4 aromatic rings. The summed E-state index contributed by atoms with van der Waals surface area (Å²) in [7, 11) is 1.35. The topological polar surface area (TPSA) is 79.4 Å². The molecule has 2 N–H and O–H groups in total. The molecule has 0 aliphatic carbocycles. The Kier molecular flexibility index (Phi) is 6.33. The van der Waals surface area contributed by atoms with Gasteiger partial charge in [-0.05, 0) is 30.7 Å². The van der Waals surface area contributed by atoms with Gasteiger partial charge in [-0.25, -0.2) is 4.79 Å². The molecule has 1 atom stereocenters. The quantitative estimate of drug-likeness (QED) is 0.341. The minimum absolute atomic E-state index is 0.403. The summed E-state index contributed by atoms with van der Waals surface area (Å²) in [4.78, 5) is 12.0. The number of carbonyl (C=O) groups is 1. The highest BCUT2D eigenvalue weighted by molar-refractivity contribution is 5.90. The zero-order valence-electron chi connectivity index (χ0n) is 18.1. The van der Waals surface area contributed by atoms with Gasteiger partial charge in [0.05, 0.1) is 30.6 Å². The van der Waals surface area contributed by atoms with E-state index in [9.17, 15) is 4.79 Å². The Morgan fingerprint density at radius 3 is 2.25 bits per heavy atom. The van der Waals surface area contributed by atoms with Crippen LogP contribution in [0.5, 0.6) is 5.75 Å². The lowest BCUT2D eigenvalue weighted by molar-refractivity contribution is 0.0600. The van der Waals surface area contributed by atoms with Crippen molar-refractivity contribution in [1.29, 1.82) is 0 Å². The molecule has 0 fully saturated rings. The fourth-order valence-corrected chi connectivity index (χ4v) is 3.53. The summed E-state index contributed by atoms with van der Waals surface area (Å²) in [5.41, 5.74) is 11.1.